The van der Waals surface area contributed by atoms with Crippen LogP contribution in [0.25, 0.3) is 21.8 Å². The van der Waals surface area contributed by atoms with Crippen molar-refractivity contribution in [3.05, 3.63) is 53.6 Å². The van der Waals surface area contributed by atoms with Crippen LogP contribution in [0.2, 0.25) is 0 Å². The minimum atomic E-state index is -1.09. The van der Waals surface area contributed by atoms with Crippen molar-refractivity contribution in [2.45, 2.75) is 0 Å². The highest BCUT2D eigenvalue weighted by atomic mass is 16.4. The number of hydrogen-bond donors (Lipinski definition) is 2. The summed E-state index contributed by atoms with van der Waals surface area (Å²) in [6.45, 7) is 0. The molecule has 1 amide bonds. The lowest BCUT2D eigenvalue weighted by molar-refractivity contribution is 0.0698. The van der Waals surface area contributed by atoms with Crippen LogP contribution in [0.3, 0.4) is 0 Å². The lowest BCUT2D eigenvalue weighted by Crippen LogP contribution is -2.12. The first-order chi connectivity index (χ1) is 9.58. The maximum absolute atomic E-state index is 11.5. The summed E-state index contributed by atoms with van der Waals surface area (Å²) in [4.78, 5) is 27.1. The summed E-state index contributed by atoms with van der Waals surface area (Å²) < 4.78 is 0. The first-order valence-corrected chi connectivity index (χ1v) is 5.93. The predicted molar refractivity (Wildman–Crippen MR) is 74.7 cm³/mol. The number of para-hydroxylation sites is 1. The molecule has 2 aromatic carbocycles. The molecule has 0 bridgehead atoms. The monoisotopic (exact) mass is 266 g/mol. The molecule has 5 heteroatoms. The molecule has 5 nitrogen and oxygen atoms in total. The summed E-state index contributed by atoms with van der Waals surface area (Å²) in [5, 5.41) is 10.5. The van der Waals surface area contributed by atoms with Crippen LogP contribution in [0.4, 0.5) is 0 Å². The Kier molecular flexibility index (Phi) is 2.61. The zero-order valence-corrected chi connectivity index (χ0v) is 10.3. The maximum Gasteiger partial charge on any atom is 0.337 e. The molecule has 98 valence electrons. The van der Waals surface area contributed by atoms with E-state index in [4.69, 9.17) is 5.73 Å². The Morgan fingerprint density at radius 3 is 2.45 bits per heavy atom. The van der Waals surface area contributed by atoms with Crippen LogP contribution >= 0.6 is 0 Å². The maximum atomic E-state index is 11.5. The number of amides is 1. The molecule has 0 atom stereocenters. The van der Waals surface area contributed by atoms with Gasteiger partial charge >= 0.3 is 5.97 Å². The molecule has 0 spiro atoms. The highest BCUT2D eigenvalue weighted by molar-refractivity contribution is 6.13. The van der Waals surface area contributed by atoms with Gasteiger partial charge in [-0.3, -0.25) is 4.79 Å². The predicted octanol–water partition coefficient (Wildman–Crippen LogP) is 2.19. The van der Waals surface area contributed by atoms with Gasteiger partial charge in [-0.05, 0) is 24.3 Å². The van der Waals surface area contributed by atoms with Crippen LogP contribution < -0.4 is 5.73 Å². The van der Waals surface area contributed by atoms with E-state index in [-0.39, 0.29) is 16.6 Å². The van der Waals surface area contributed by atoms with Crippen molar-refractivity contribution in [2.24, 2.45) is 5.73 Å². The van der Waals surface area contributed by atoms with Crippen LogP contribution in [0, 0.1) is 0 Å². The van der Waals surface area contributed by atoms with E-state index < -0.39 is 11.9 Å². The van der Waals surface area contributed by atoms with Gasteiger partial charge in [0.1, 0.15) is 0 Å². The molecule has 1 heterocycles. The number of aromatic nitrogens is 1. The Balaban J connectivity index is 2.52. The van der Waals surface area contributed by atoms with Crippen molar-refractivity contribution in [1.29, 1.82) is 0 Å². The van der Waals surface area contributed by atoms with Crippen LogP contribution in [0.5, 0.6) is 0 Å². The second-order valence-electron chi connectivity index (χ2n) is 4.41. The Bertz CT molecular complexity index is 800. The van der Waals surface area contributed by atoms with Crippen molar-refractivity contribution < 1.29 is 14.7 Å². The van der Waals surface area contributed by atoms with E-state index in [0.29, 0.717) is 10.9 Å². The smallest absolute Gasteiger partial charge is 0.337 e. The third-order valence-electron chi connectivity index (χ3n) is 3.18. The number of carboxylic acids is 1. The zero-order chi connectivity index (χ0) is 14.3. The summed E-state index contributed by atoms with van der Waals surface area (Å²) >= 11 is 0. The number of nitrogens with two attached hydrogens (primary N) is 1. The number of carboxylic acid groups (broad SMARTS) is 1. The molecule has 3 rings (SSSR count). The number of pyridine rings is 1. The van der Waals surface area contributed by atoms with E-state index >= 15 is 0 Å². The Labute approximate surface area is 113 Å². The SMILES string of the molecule is NC(=O)c1ccc(C(=O)O)c2nc3ccccc3cc12. The van der Waals surface area contributed by atoms with Gasteiger partial charge in [-0.15, -0.1) is 0 Å². The standard InChI is InChI=1S/C15H10N2O3/c16-14(18)9-5-6-10(15(19)20)13-11(9)7-8-3-1-2-4-12(8)17-13/h1-7H,(H2,16,18)(H,19,20). The Morgan fingerprint density at radius 1 is 1.05 bits per heavy atom. The van der Waals surface area contributed by atoms with Crippen molar-refractivity contribution in [1.82, 2.24) is 4.98 Å². The van der Waals surface area contributed by atoms with Crippen LogP contribution in [-0.4, -0.2) is 22.0 Å². The van der Waals surface area contributed by atoms with E-state index in [1.807, 2.05) is 18.2 Å². The minimum absolute atomic E-state index is 0.0516. The van der Waals surface area contributed by atoms with Gasteiger partial charge in [0.25, 0.3) is 0 Å². The van der Waals surface area contributed by atoms with Gasteiger partial charge in [0.05, 0.1) is 16.6 Å². The molecule has 0 radical (unpaired) electrons. The van der Waals surface area contributed by atoms with Gasteiger partial charge < -0.3 is 10.8 Å². The molecule has 0 aliphatic rings. The minimum Gasteiger partial charge on any atom is -0.478 e. The van der Waals surface area contributed by atoms with Gasteiger partial charge in [-0.2, -0.15) is 0 Å². The first kappa shape index (κ1) is 12.1. The number of nitrogens with zero attached hydrogens (tertiary/aromatic N) is 1. The number of benzene rings is 2. The largest absolute Gasteiger partial charge is 0.478 e. The van der Waals surface area contributed by atoms with Crippen LogP contribution in [0.15, 0.2) is 42.5 Å². The van der Waals surface area contributed by atoms with Crippen molar-refractivity contribution in [3.8, 4) is 0 Å². The van der Waals surface area contributed by atoms with Crippen molar-refractivity contribution >= 4 is 33.7 Å². The van der Waals surface area contributed by atoms with E-state index in [9.17, 15) is 14.7 Å². The molecule has 0 fully saturated rings. The Hall–Kier alpha value is -2.95. The van der Waals surface area contributed by atoms with Gasteiger partial charge in [-0.25, -0.2) is 9.78 Å². The fourth-order valence-corrected chi connectivity index (χ4v) is 2.25. The highest BCUT2D eigenvalue weighted by Crippen LogP contribution is 2.25. The number of primary amides is 1. The molecule has 0 saturated carbocycles. The van der Waals surface area contributed by atoms with E-state index in [2.05, 4.69) is 4.98 Å². The number of aromatic carboxylic acids is 1. The molecular formula is C15H10N2O3. The molecule has 0 aliphatic heterocycles. The van der Waals surface area contributed by atoms with Gasteiger partial charge in [0.2, 0.25) is 5.91 Å². The third kappa shape index (κ3) is 1.76. The summed E-state index contributed by atoms with van der Waals surface area (Å²) in [6, 6.07) is 11.8. The summed E-state index contributed by atoms with van der Waals surface area (Å²) in [5.74, 6) is -1.70. The van der Waals surface area contributed by atoms with Gasteiger partial charge in [0, 0.05) is 16.3 Å². The molecule has 0 aliphatic carbocycles. The molecule has 0 unspecified atom stereocenters. The molecule has 3 aromatic rings. The van der Waals surface area contributed by atoms with Crippen molar-refractivity contribution in [2.75, 3.05) is 0 Å². The molecule has 20 heavy (non-hydrogen) atoms. The van der Waals surface area contributed by atoms with Crippen molar-refractivity contribution in [3.63, 3.8) is 0 Å². The number of rotatable bonds is 2. The van der Waals surface area contributed by atoms with Crippen LogP contribution in [-0.2, 0) is 0 Å². The summed E-state index contributed by atoms with van der Waals surface area (Å²) in [5.41, 5.74) is 6.60. The fourth-order valence-electron chi connectivity index (χ4n) is 2.25. The normalized spacial score (nSPS) is 10.8. The van der Waals surface area contributed by atoms with E-state index in [1.54, 1.807) is 12.1 Å². The topological polar surface area (TPSA) is 93.3 Å². The summed E-state index contributed by atoms with van der Waals surface area (Å²) in [6.07, 6.45) is 0. The van der Waals surface area contributed by atoms with Gasteiger partial charge in [-0.1, -0.05) is 18.2 Å². The molecular weight excluding hydrogens is 256 g/mol. The quantitative estimate of drug-likeness (QED) is 0.695. The lowest BCUT2D eigenvalue weighted by atomic mass is 10.0. The number of carbonyl (C=O) groups is 2. The van der Waals surface area contributed by atoms with E-state index in [1.165, 1.54) is 12.1 Å². The Morgan fingerprint density at radius 2 is 1.75 bits per heavy atom. The number of fused-ring (bicyclic) bond motifs is 2. The lowest BCUT2D eigenvalue weighted by Gasteiger charge is -2.07. The molecule has 3 N–H and O–H groups in total. The zero-order valence-electron chi connectivity index (χ0n) is 10.3. The van der Waals surface area contributed by atoms with E-state index in [0.717, 1.165) is 5.39 Å². The average molecular weight is 266 g/mol. The second kappa shape index (κ2) is 4.31. The third-order valence-corrected chi connectivity index (χ3v) is 3.18. The molecule has 1 aromatic heterocycles. The fraction of sp³-hybridized carbons (Fsp3) is 0. The van der Waals surface area contributed by atoms with Gasteiger partial charge in [0.15, 0.2) is 0 Å². The molecule has 0 saturated heterocycles. The average Bonchev–Trinajstić information content (AvgIpc) is 2.43. The highest BCUT2D eigenvalue weighted by Gasteiger charge is 2.16. The number of hydrogen-bond acceptors (Lipinski definition) is 3. The van der Waals surface area contributed by atoms with Crippen LogP contribution in [0.1, 0.15) is 20.7 Å². The summed E-state index contributed by atoms with van der Waals surface area (Å²) in [7, 11) is 0. The number of carbonyl (C=O) groups excluding carboxylic acids is 1. The first-order valence-electron chi connectivity index (χ1n) is 5.93. The second-order valence-corrected chi connectivity index (χ2v) is 4.41.